The SMILES string of the molecule is O=C(CCN1C(=O)NC2(CCCC2)C1=O)Nc1ccc2ccccc2n1. The number of rotatable bonds is 4. The predicted octanol–water partition coefficient (Wildman–Crippen LogP) is 2.43. The second kappa shape index (κ2) is 6.40. The second-order valence-corrected chi connectivity index (χ2v) is 6.86. The third kappa shape index (κ3) is 2.89. The first-order valence-corrected chi connectivity index (χ1v) is 8.87. The number of para-hydroxylation sites is 1. The van der Waals surface area contributed by atoms with E-state index in [0.29, 0.717) is 18.7 Å². The number of hydrogen-bond donors (Lipinski definition) is 2. The smallest absolute Gasteiger partial charge is 0.323 e. The fourth-order valence-corrected chi connectivity index (χ4v) is 3.75. The van der Waals surface area contributed by atoms with Crippen LogP contribution in [0.2, 0.25) is 0 Å². The van der Waals surface area contributed by atoms with E-state index < -0.39 is 11.6 Å². The van der Waals surface area contributed by atoms with Gasteiger partial charge in [-0.15, -0.1) is 0 Å². The predicted molar refractivity (Wildman–Crippen MR) is 96.4 cm³/mol. The Kier molecular flexibility index (Phi) is 4.06. The molecule has 2 fully saturated rings. The molecular weight excluding hydrogens is 332 g/mol. The van der Waals surface area contributed by atoms with E-state index in [-0.39, 0.29) is 24.8 Å². The van der Waals surface area contributed by atoms with Crippen molar-refractivity contribution < 1.29 is 14.4 Å². The van der Waals surface area contributed by atoms with Crippen molar-refractivity contribution in [3.05, 3.63) is 36.4 Å². The van der Waals surface area contributed by atoms with Gasteiger partial charge in [-0.05, 0) is 31.0 Å². The fraction of sp³-hybridized carbons (Fsp3) is 0.368. The molecule has 1 aliphatic carbocycles. The Hall–Kier alpha value is -2.96. The van der Waals surface area contributed by atoms with Crippen molar-refractivity contribution in [3.8, 4) is 0 Å². The van der Waals surface area contributed by atoms with Gasteiger partial charge in [-0.1, -0.05) is 31.0 Å². The number of aromatic nitrogens is 1. The Morgan fingerprint density at radius 3 is 2.73 bits per heavy atom. The zero-order valence-electron chi connectivity index (χ0n) is 14.3. The first kappa shape index (κ1) is 16.5. The number of imide groups is 1. The quantitative estimate of drug-likeness (QED) is 0.827. The van der Waals surface area contributed by atoms with Crippen LogP contribution < -0.4 is 10.6 Å². The van der Waals surface area contributed by atoms with Gasteiger partial charge in [0, 0.05) is 18.4 Å². The van der Waals surface area contributed by atoms with Crippen LogP contribution >= 0.6 is 0 Å². The maximum atomic E-state index is 12.6. The summed E-state index contributed by atoms with van der Waals surface area (Å²) in [5.41, 5.74) is 0.0653. The Morgan fingerprint density at radius 2 is 1.92 bits per heavy atom. The molecule has 0 radical (unpaired) electrons. The molecule has 0 bridgehead atoms. The maximum absolute atomic E-state index is 12.6. The van der Waals surface area contributed by atoms with Crippen molar-refractivity contribution in [3.63, 3.8) is 0 Å². The van der Waals surface area contributed by atoms with E-state index in [1.807, 2.05) is 30.3 Å². The molecular formula is C19H20N4O3. The lowest BCUT2D eigenvalue weighted by atomic mass is 9.98. The molecule has 2 aliphatic rings. The lowest BCUT2D eigenvalue weighted by molar-refractivity contribution is -0.131. The number of carbonyl (C=O) groups excluding carboxylic acids is 3. The molecule has 7 nitrogen and oxygen atoms in total. The van der Waals surface area contributed by atoms with Gasteiger partial charge in [0.25, 0.3) is 5.91 Å². The minimum atomic E-state index is -0.729. The summed E-state index contributed by atoms with van der Waals surface area (Å²) in [6, 6.07) is 10.9. The van der Waals surface area contributed by atoms with E-state index >= 15 is 0 Å². The minimum Gasteiger partial charge on any atom is -0.323 e. The van der Waals surface area contributed by atoms with E-state index in [2.05, 4.69) is 15.6 Å². The van der Waals surface area contributed by atoms with Crippen molar-refractivity contribution in [2.45, 2.75) is 37.6 Å². The van der Waals surface area contributed by atoms with Gasteiger partial charge in [0.2, 0.25) is 5.91 Å². The van der Waals surface area contributed by atoms with Gasteiger partial charge in [-0.3, -0.25) is 14.5 Å². The summed E-state index contributed by atoms with van der Waals surface area (Å²) in [5, 5.41) is 6.54. The zero-order chi connectivity index (χ0) is 18.1. The standard InChI is InChI=1S/C19H20N4O3/c24-16(21-15-8-7-13-5-1-2-6-14(13)20-15)9-12-23-17(25)19(22-18(23)26)10-3-4-11-19/h1-2,5-8H,3-4,9-12H2,(H,22,26)(H,20,21,24). The number of nitrogens with one attached hydrogen (secondary N) is 2. The zero-order valence-corrected chi connectivity index (χ0v) is 14.3. The molecule has 134 valence electrons. The number of urea groups is 1. The Bertz CT molecular complexity index is 889. The summed E-state index contributed by atoms with van der Waals surface area (Å²) in [6.45, 7) is 0.0752. The highest BCUT2D eigenvalue weighted by atomic mass is 16.2. The number of carbonyl (C=O) groups is 3. The van der Waals surface area contributed by atoms with Crippen LogP contribution in [-0.4, -0.2) is 39.8 Å². The third-order valence-electron chi connectivity index (χ3n) is 5.13. The number of benzene rings is 1. The number of anilines is 1. The van der Waals surface area contributed by atoms with Crippen LogP contribution in [0, 0.1) is 0 Å². The highest BCUT2D eigenvalue weighted by Crippen LogP contribution is 2.35. The van der Waals surface area contributed by atoms with Crippen LogP contribution in [0.5, 0.6) is 0 Å². The molecule has 4 amide bonds. The number of amides is 4. The summed E-state index contributed by atoms with van der Waals surface area (Å²) in [5.74, 6) is -0.0180. The number of hydrogen-bond acceptors (Lipinski definition) is 4. The van der Waals surface area contributed by atoms with Crippen molar-refractivity contribution in [1.82, 2.24) is 15.2 Å². The monoisotopic (exact) mass is 352 g/mol. The number of pyridine rings is 1. The summed E-state index contributed by atoms with van der Waals surface area (Å²) < 4.78 is 0. The van der Waals surface area contributed by atoms with E-state index in [9.17, 15) is 14.4 Å². The molecule has 7 heteroatoms. The molecule has 1 saturated carbocycles. The van der Waals surface area contributed by atoms with Gasteiger partial charge >= 0.3 is 6.03 Å². The Balaban J connectivity index is 1.37. The molecule has 1 aromatic heterocycles. The first-order chi connectivity index (χ1) is 12.6. The van der Waals surface area contributed by atoms with E-state index in [0.717, 1.165) is 23.7 Å². The van der Waals surface area contributed by atoms with Crippen molar-refractivity contribution in [1.29, 1.82) is 0 Å². The highest BCUT2D eigenvalue weighted by Gasteiger charge is 2.52. The van der Waals surface area contributed by atoms with Crippen LogP contribution in [0.4, 0.5) is 10.6 Å². The molecule has 1 aromatic carbocycles. The van der Waals surface area contributed by atoms with Gasteiger partial charge in [-0.25, -0.2) is 9.78 Å². The van der Waals surface area contributed by atoms with Crippen LogP contribution in [0.1, 0.15) is 32.1 Å². The van der Waals surface area contributed by atoms with E-state index in [1.165, 1.54) is 4.90 Å². The number of fused-ring (bicyclic) bond motifs is 1. The maximum Gasteiger partial charge on any atom is 0.325 e. The normalized spacial score (nSPS) is 18.5. The molecule has 2 heterocycles. The summed E-state index contributed by atoms with van der Waals surface area (Å²) >= 11 is 0. The Labute approximate surface area is 150 Å². The summed E-state index contributed by atoms with van der Waals surface area (Å²) in [4.78, 5) is 42.4. The van der Waals surface area contributed by atoms with Crippen LogP contribution in [0.3, 0.4) is 0 Å². The Morgan fingerprint density at radius 1 is 1.15 bits per heavy atom. The molecule has 2 N–H and O–H groups in total. The number of nitrogens with zero attached hydrogens (tertiary/aromatic N) is 2. The van der Waals surface area contributed by atoms with E-state index in [4.69, 9.17) is 0 Å². The summed E-state index contributed by atoms with van der Waals surface area (Å²) in [6.07, 6.45) is 3.29. The van der Waals surface area contributed by atoms with Crippen molar-refractivity contribution >= 4 is 34.6 Å². The first-order valence-electron chi connectivity index (χ1n) is 8.87. The van der Waals surface area contributed by atoms with Gasteiger partial charge in [0.05, 0.1) is 5.52 Å². The van der Waals surface area contributed by atoms with Crippen LogP contribution in [-0.2, 0) is 9.59 Å². The molecule has 4 rings (SSSR count). The average molecular weight is 352 g/mol. The van der Waals surface area contributed by atoms with Gasteiger partial charge < -0.3 is 10.6 Å². The summed E-state index contributed by atoms with van der Waals surface area (Å²) in [7, 11) is 0. The van der Waals surface area contributed by atoms with Gasteiger partial charge in [-0.2, -0.15) is 0 Å². The van der Waals surface area contributed by atoms with Gasteiger partial charge in [0.15, 0.2) is 0 Å². The topological polar surface area (TPSA) is 91.4 Å². The molecule has 1 aliphatic heterocycles. The van der Waals surface area contributed by atoms with Crippen molar-refractivity contribution in [2.24, 2.45) is 0 Å². The molecule has 1 saturated heterocycles. The van der Waals surface area contributed by atoms with Crippen LogP contribution in [0.15, 0.2) is 36.4 Å². The third-order valence-corrected chi connectivity index (χ3v) is 5.13. The highest BCUT2D eigenvalue weighted by molar-refractivity contribution is 6.07. The van der Waals surface area contributed by atoms with Crippen molar-refractivity contribution in [2.75, 3.05) is 11.9 Å². The largest absolute Gasteiger partial charge is 0.325 e. The second-order valence-electron chi connectivity index (χ2n) is 6.86. The lowest BCUT2D eigenvalue weighted by Gasteiger charge is -2.19. The fourth-order valence-electron chi connectivity index (χ4n) is 3.75. The van der Waals surface area contributed by atoms with Crippen LogP contribution in [0.25, 0.3) is 10.9 Å². The molecule has 2 aromatic rings. The van der Waals surface area contributed by atoms with Gasteiger partial charge in [0.1, 0.15) is 11.4 Å². The molecule has 0 atom stereocenters. The lowest BCUT2D eigenvalue weighted by Crippen LogP contribution is -2.44. The molecule has 0 unspecified atom stereocenters. The minimum absolute atomic E-state index is 0.0454. The average Bonchev–Trinajstić information content (AvgIpc) is 3.19. The van der Waals surface area contributed by atoms with E-state index in [1.54, 1.807) is 6.07 Å². The molecule has 1 spiro atoms. The molecule has 26 heavy (non-hydrogen) atoms.